The third-order valence-corrected chi connectivity index (χ3v) is 5.05. The molecule has 1 aromatic heterocycles. The number of amides is 1. The van der Waals surface area contributed by atoms with E-state index in [4.69, 9.17) is 11.6 Å². The van der Waals surface area contributed by atoms with Crippen molar-refractivity contribution in [2.45, 2.75) is 36.3 Å². The maximum Gasteiger partial charge on any atom is 0.238 e. The van der Waals surface area contributed by atoms with Crippen LogP contribution in [0.1, 0.15) is 24.5 Å². The maximum atomic E-state index is 12.2. The molecule has 3 nitrogen and oxygen atoms in total. The van der Waals surface area contributed by atoms with Crippen molar-refractivity contribution in [1.82, 2.24) is 4.98 Å². The number of aryl methyl sites for hydroxylation is 2. The number of anilines is 1. The highest BCUT2D eigenvalue weighted by Gasteiger charge is 2.17. The Morgan fingerprint density at radius 2 is 2.09 bits per heavy atom. The van der Waals surface area contributed by atoms with E-state index in [9.17, 15) is 4.79 Å². The molecule has 0 bridgehead atoms. The van der Waals surface area contributed by atoms with Crippen molar-refractivity contribution < 1.29 is 4.79 Å². The fourth-order valence-electron chi connectivity index (χ4n) is 2.56. The van der Waals surface area contributed by atoms with Crippen molar-refractivity contribution in [2.24, 2.45) is 0 Å². The molecule has 0 aliphatic heterocycles. The molecule has 1 aliphatic rings. The van der Waals surface area contributed by atoms with Crippen LogP contribution < -0.4 is 5.32 Å². The number of nitrogens with zero attached hydrogens (tertiary/aromatic N) is 1. The van der Waals surface area contributed by atoms with Crippen LogP contribution in [-0.2, 0) is 17.6 Å². The van der Waals surface area contributed by atoms with E-state index in [-0.39, 0.29) is 11.2 Å². The Morgan fingerprint density at radius 1 is 1.27 bits per heavy atom. The van der Waals surface area contributed by atoms with Crippen LogP contribution >= 0.6 is 23.4 Å². The zero-order chi connectivity index (χ0) is 15.5. The van der Waals surface area contributed by atoms with Gasteiger partial charge >= 0.3 is 0 Å². The van der Waals surface area contributed by atoms with E-state index in [2.05, 4.69) is 28.5 Å². The van der Waals surface area contributed by atoms with Gasteiger partial charge in [0.1, 0.15) is 5.82 Å². The van der Waals surface area contributed by atoms with Crippen LogP contribution in [0.3, 0.4) is 0 Å². The third-order valence-electron chi connectivity index (χ3n) is 3.73. The molecule has 0 unspecified atom stereocenters. The second-order valence-electron chi connectivity index (χ2n) is 5.40. The summed E-state index contributed by atoms with van der Waals surface area (Å²) in [6.45, 7) is 1.91. The monoisotopic (exact) mass is 332 g/mol. The Bertz CT molecular complexity index is 688. The van der Waals surface area contributed by atoms with Gasteiger partial charge in [-0.15, -0.1) is 11.8 Å². The molecule has 1 amide bonds. The lowest BCUT2D eigenvalue weighted by Gasteiger charge is -2.12. The minimum atomic E-state index is -0.183. The Balaban J connectivity index is 1.62. The van der Waals surface area contributed by atoms with E-state index in [0.29, 0.717) is 10.8 Å². The maximum absolute atomic E-state index is 12.2. The number of fused-ring (bicyclic) bond motifs is 1. The molecule has 5 heteroatoms. The summed E-state index contributed by atoms with van der Waals surface area (Å²) in [6.07, 6.45) is 5.09. The van der Waals surface area contributed by atoms with E-state index in [1.54, 1.807) is 23.9 Å². The number of hydrogen-bond donors (Lipinski definition) is 1. The molecule has 0 spiro atoms. The number of carbonyl (C=O) groups excluding carboxylic acids is 1. The largest absolute Gasteiger partial charge is 0.310 e. The van der Waals surface area contributed by atoms with E-state index in [0.717, 1.165) is 11.3 Å². The number of aromatic nitrogens is 1. The van der Waals surface area contributed by atoms with Crippen LogP contribution in [0.25, 0.3) is 0 Å². The lowest BCUT2D eigenvalue weighted by atomic mass is 10.1. The summed E-state index contributed by atoms with van der Waals surface area (Å²) < 4.78 is 0. The number of rotatable bonds is 4. The standard InChI is InChI=1S/C17H17ClN2OS/c1-11(17(21)20-16-8-6-14(18)10-19-16)22-15-7-5-12-3-2-4-13(12)9-15/h5-11H,2-4H2,1H3,(H,19,20,21)/t11-/m0/s1. The Kier molecular flexibility index (Phi) is 4.69. The van der Waals surface area contributed by atoms with Gasteiger partial charge in [-0.1, -0.05) is 17.7 Å². The second-order valence-corrected chi connectivity index (χ2v) is 7.25. The second kappa shape index (κ2) is 6.71. The number of carbonyl (C=O) groups is 1. The van der Waals surface area contributed by atoms with E-state index < -0.39 is 0 Å². The summed E-state index contributed by atoms with van der Waals surface area (Å²) in [5.41, 5.74) is 2.88. The normalized spacial score (nSPS) is 14.5. The van der Waals surface area contributed by atoms with Gasteiger partial charge in [-0.25, -0.2) is 4.98 Å². The van der Waals surface area contributed by atoms with Crippen molar-refractivity contribution in [1.29, 1.82) is 0 Å². The van der Waals surface area contributed by atoms with E-state index in [1.165, 1.54) is 30.2 Å². The van der Waals surface area contributed by atoms with Gasteiger partial charge in [0.2, 0.25) is 5.91 Å². The molecular weight excluding hydrogens is 316 g/mol. The molecule has 1 atom stereocenters. The first-order valence-electron chi connectivity index (χ1n) is 7.33. The van der Waals surface area contributed by atoms with Crippen LogP contribution in [0.5, 0.6) is 0 Å². The summed E-state index contributed by atoms with van der Waals surface area (Å²) in [4.78, 5) is 17.5. The molecule has 1 aromatic carbocycles. The molecule has 2 aromatic rings. The number of halogens is 1. The molecule has 0 fully saturated rings. The minimum absolute atomic E-state index is 0.0553. The predicted molar refractivity (Wildman–Crippen MR) is 91.7 cm³/mol. The number of pyridine rings is 1. The highest BCUT2D eigenvalue weighted by atomic mass is 35.5. The van der Waals surface area contributed by atoms with Gasteiger partial charge in [-0.05, 0) is 61.6 Å². The van der Waals surface area contributed by atoms with Crippen molar-refractivity contribution >= 4 is 35.1 Å². The molecule has 0 saturated carbocycles. The molecule has 0 radical (unpaired) electrons. The lowest BCUT2D eigenvalue weighted by molar-refractivity contribution is -0.115. The van der Waals surface area contributed by atoms with Gasteiger partial charge in [-0.2, -0.15) is 0 Å². The highest BCUT2D eigenvalue weighted by Crippen LogP contribution is 2.30. The number of hydrogen-bond acceptors (Lipinski definition) is 3. The fourth-order valence-corrected chi connectivity index (χ4v) is 3.60. The number of thioether (sulfide) groups is 1. The van der Waals surface area contributed by atoms with E-state index in [1.807, 2.05) is 6.92 Å². The van der Waals surface area contributed by atoms with Crippen LogP contribution in [0.15, 0.2) is 41.4 Å². The van der Waals surface area contributed by atoms with Gasteiger partial charge in [0.15, 0.2) is 0 Å². The smallest absolute Gasteiger partial charge is 0.238 e. The predicted octanol–water partition coefficient (Wildman–Crippen LogP) is 4.34. The Labute approximate surface area is 139 Å². The summed E-state index contributed by atoms with van der Waals surface area (Å²) >= 11 is 7.36. The molecule has 1 N–H and O–H groups in total. The fraction of sp³-hybridized carbons (Fsp3) is 0.294. The zero-order valence-corrected chi connectivity index (χ0v) is 13.9. The molecular formula is C17H17ClN2OS. The minimum Gasteiger partial charge on any atom is -0.310 e. The van der Waals surface area contributed by atoms with Gasteiger partial charge in [0, 0.05) is 11.1 Å². The third kappa shape index (κ3) is 3.62. The summed E-state index contributed by atoms with van der Waals surface area (Å²) in [5.74, 6) is 0.469. The van der Waals surface area contributed by atoms with Crippen LogP contribution in [0.2, 0.25) is 5.02 Å². The average Bonchev–Trinajstić information content (AvgIpc) is 2.97. The topological polar surface area (TPSA) is 42.0 Å². The van der Waals surface area contributed by atoms with Crippen molar-refractivity contribution in [3.8, 4) is 0 Å². The van der Waals surface area contributed by atoms with Crippen LogP contribution in [0, 0.1) is 0 Å². The Morgan fingerprint density at radius 3 is 2.86 bits per heavy atom. The van der Waals surface area contributed by atoms with Gasteiger partial charge in [0.25, 0.3) is 0 Å². The first-order valence-corrected chi connectivity index (χ1v) is 8.58. The molecule has 0 saturated heterocycles. The van der Waals surface area contributed by atoms with Crippen LogP contribution in [0.4, 0.5) is 5.82 Å². The van der Waals surface area contributed by atoms with Gasteiger partial charge in [0.05, 0.1) is 10.3 Å². The number of benzene rings is 1. The molecule has 22 heavy (non-hydrogen) atoms. The number of nitrogens with one attached hydrogen (secondary N) is 1. The summed E-state index contributed by atoms with van der Waals surface area (Å²) in [5, 5.41) is 3.18. The first kappa shape index (κ1) is 15.4. The van der Waals surface area contributed by atoms with Gasteiger partial charge < -0.3 is 5.32 Å². The highest BCUT2D eigenvalue weighted by molar-refractivity contribution is 8.00. The van der Waals surface area contributed by atoms with Crippen LogP contribution in [-0.4, -0.2) is 16.1 Å². The molecule has 114 valence electrons. The summed E-state index contributed by atoms with van der Waals surface area (Å²) in [7, 11) is 0. The average molecular weight is 333 g/mol. The lowest BCUT2D eigenvalue weighted by Crippen LogP contribution is -2.22. The first-order chi connectivity index (χ1) is 10.6. The van der Waals surface area contributed by atoms with E-state index >= 15 is 0 Å². The molecule has 1 aliphatic carbocycles. The zero-order valence-electron chi connectivity index (χ0n) is 12.3. The Hall–Kier alpha value is -1.52. The molecule has 1 heterocycles. The van der Waals surface area contributed by atoms with Crippen molar-refractivity contribution in [3.05, 3.63) is 52.7 Å². The summed E-state index contributed by atoms with van der Waals surface area (Å²) in [6, 6.07) is 9.93. The van der Waals surface area contributed by atoms with Crippen molar-refractivity contribution in [2.75, 3.05) is 5.32 Å². The SMILES string of the molecule is C[C@H](Sc1ccc2c(c1)CCC2)C(=O)Nc1ccc(Cl)cn1. The van der Waals surface area contributed by atoms with Crippen molar-refractivity contribution in [3.63, 3.8) is 0 Å². The van der Waals surface area contributed by atoms with Gasteiger partial charge in [-0.3, -0.25) is 4.79 Å². The molecule has 3 rings (SSSR count). The quantitative estimate of drug-likeness (QED) is 0.847.